The van der Waals surface area contributed by atoms with E-state index >= 15 is 0 Å². The molecule has 3 rings (SSSR count). The number of hydrogen-bond donors (Lipinski definition) is 15. The van der Waals surface area contributed by atoms with Crippen molar-refractivity contribution in [2.45, 2.75) is 117 Å². The zero-order valence-corrected chi connectivity index (χ0v) is 24.6. The lowest BCUT2D eigenvalue weighted by atomic mass is 9.83. The van der Waals surface area contributed by atoms with Crippen molar-refractivity contribution in [3.05, 3.63) is 0 Å². The fourth-order valence-corrected chi connectivity index (χ4v) is 5.73. The van der Waals surface area contributed by atoms with Gasteiger partial charge in [0.1, 0.15) is 54.9 Å². The van der Waals surface area contributed by atoms with Crippen molar-refractivity contribution >= 4 is 0 Å². The molecule has 260 valence electrons. The first kappa shape index (κ1) is 37.7. The molecule has 1 aliphatic carbocycles. The summed E-state index contributed by atoms with van der Waals surface area (Å²) in [5.41, 5.74) is 29.2. The topological polar surface area (TPSA) is 353 Å². The summed E-state index contributed by atoms with van der Waals surface area (Å²) in [7, 11) is 0. The summed E-state index contributed by atoms with van der Waals surface area (Å²) in [6.45, 7) is -0.657. The first-order valence-electron chi connectivity index (χ1n) is 15.0. The zero-order valence-electron chi connectivity index (χ0n) is 24.6. The van der Waals surface area contributed by atoms with E-state index in [-0.39, 0.29) is 45.6 Å². The Kier molecular flexibility index (Phi) is 14.9. The molecule has 1 saturated carbocycles. The number of ether oxygens (including phenoxy) is 4. The molecule has 2 saturated heterocycles. The molecule has 2 heterocycles. The molecule has 3 unspecified atom stereocenters. The highest BCUT2D eigenvalue weighted by atomic mass is 16.7. The van der Waals surface area contributed by atoms with Crippen molar-refractivity contribution < 1.29 is 59.8 Å². The maximum atomic E-state index is 11.6. The van der Waals surface area contributed by atoms with Crippen LogP contribution < -0.4 is 39.3 Å². The lowest BCUT2D eigenvalue weighted by Gasteiger charge is -2.49. The predicted octanol–water partition coefficient (Wildman–Crippen LogP) is -9.03. The Morgan fingerprint density at radius 1 is 0.750 bits per heavy atom. The Bertz CT molecular complexity index is 842. The number of nitrogens with one attached hydrogen (secondary N) is 2. The SMILES string of the molecule is NCCC(O)CN[C@H]1[C@@H](OC2[C@@H](N)C[C@@H](NCC(O)CN)[C@H](O[C@H]3O[C@H](CO)[C@@H](O)[C@H](N)[C@H]3O)[C@H]2O)O[C@H](CN)[C@@H](O)[C@@H]1O. The van der Waals surface area contributed by atoms with Gasteiger partial charge in [0.2, 0.25) is 0 Å². The van der Waals surface area contributed by atoms with Crippen LogP contribution in [0.5, 0.6) is 0 Å². The van der Waals surface area contributed by atoms with Crippen LogP contribution in [0.2, 0.25) is 0 Å². The maximum Gasteiger partial charge on any atom is 0.186 e. The molecule has 44 heavy (non-hydrogen) atoms. The van der Waals surface area contributed by atoms with Crippen LogP contribution in [0.25, 0.3) is 0 Å². The van der Waals surface area contributed by atoms with Crippen molar-refractivity contribution in [3.8, 4) is 0 Å². The smallest absolute Gasteiger partial charge is 0.186 e. The molecule has 0 aromatic carbocycles. The van der Waals surface area contributed by atoms with Crippen molar-refractivity contribution in [1.29, 1.82) is 0 Å². The monoisotopic (exact) mass is 643 g/mol. The average molecular weight is 644 g/mol. The van der Waals surface area contributed by atoms with E-state index in [1.54, 1.807) is 0 Å². The fraction of sp³-hybridized carbons (Fsp3) is 1.00. The molecular formula is C25H53N7O12. The van der Waals surface area contributed by atoms with Crippen LogP contribution in [0.4, 0.5) is 0 Å². The minimum absolute atomic E-state index is 0.00266. The fourth-order valence-electron chi connectivity index (χ4n) is 5.73. The largest absolute Gasteiger partial charge is 0.394 e. The van der Waals surface area contributed by atoms with E-state index in [4.69, 9.17) is 47.6 Å². The highest BCUT2D eigenvalue weighted by molar-refractivity contribution is 5.03. The number of aliphatic hydroxyl groups excluding tert-OH is 8. The van der Waals surface area contributed by atoms with Gasteiger partial charge in [-0.2, -0.15) is 0 Å². The molecule has 20 N–H and O–H groups in total. The molecule has 0 aromatic heterocycles. The number of aliphatic hydroxyl groups is 8. The first-order chi connectivity index (χ1) is 20.9. The second-order valence-electron chi connectivity index (χ2n) is 11.7. The van der Waals surface area contributed by atoms with Crippen LogP contribution in [-0.4, -0.2) is 184 Å². The van der Waals surface area contributed by atoms with E-state index in [1.165, 1.54) is 0 Å². The summed E-state index contributed by atoms with van der Waals surface area (Å²) in [5, 5.41) is 89.8. The highest BCUT2D eigenvalue weighted by Crippen LogP contribution is 2.32. The van der Waals surface area contributed by atoms with E-state index in [0.717, 1.165) is 0 Å². The van der Waals surface area contributed by atoms with Crippen LogP contribution in [-0.2, 0) is 18.9 Å². The van der Waals surface area contributed by atoms with Crippen LogP contribution >= 0.6 is 0 Å². The summed E-state index contributed by atoms with van der Waals surface area (Å²) < 4.78 is 23.6. The van der Waals surface area contributed by atoms with Crippen molar-refractivity contribution in [2.75, 3.05) is 39.3 Å². The molecule has 19 heteroatoms. The molecule has 17 atom stereocenters. The molecule has 3 fully saturated rings. The molecule has 3 aliphatic rings. The summed E-state index contributed by atoms with van der Waals surface area (Å²) in [6, 6.07) is -3.96. The Labute approximate surface area is 255 Å². The second-order valence-corrected chi connectivity index (χ2v) is 11.7. The van der Waals surface area contributed by atoms with Gasteiger partial charge in [-0.3, -0.25) is 0 Å². The van der Waals surface area contributed by atoms with Crippen molar-refractivity contribution in [1.82, 2.24) is 10.6 Å². The molecule has 19 nitrogen and oxygen atoms in total. The molecule has 0 amide bonds. The minimum Gasteiger partial charge on any atom is -0.394 e. The molecular weight excluding hydrogens is 590 g/mol. The zero-order chi connectivity index (χ0) is 32.7. The van der Waals surface area contributed by atoms with E-state index in [0.29, 0.717) is 0 Å². The van der Waals surface area contributed by atoms with Gasteiger partial charge < -0.3 is 99.1 Å². The Morgan fingerprint density at radius 2 is 1.39 bits per heavy atom. The van der Waals surface area contributed by atoms with Crippen LogP contribution in [0.15, 0.2) is 0 Å². The van der Waals surface area contributed by atoms with Gasteiger partial charge in [-0.25, -0.2) is 0 Å². The van der Waals surface area contributed by atoms with Gasteiger partial charge in [-0.05, 0) is 19.4 Å². The quantitative estimate of drug-likeness (QED) is 0.0787. The Hall–Kier alpha value is -0.760. The Morgan fingerprint density at radius 3 is 2.00 bits per heavy atom. The summed E-state index contributed by atoms with van der Waals surface area (Å²) in [5.74, 6) is 0. The molecule has 0 aromatic rings. The van der Waals surface area contributed by atoms with E-state index in [2.05, 4.69) is 10.6 Å². The standard InChI is InChI=1S/C25H53N7O12/c26-2-1-9(34)6-32-16-20(39)18(37)13(5-28)41-24(16)43-22-11(29)3-12(31-7-10(35)4-27)23(21(22)40)44-25-19(38)15(30)17(36)14(8-33)42-25/h9-25,31-40H,1-8,26-30H2/t9?,10?,11-,12+,13+,14+,15-,16+,17+,18+,19+,20+,21-,22?,23-,24+,25+/m0/s1. The van der Waals surface area contributed by atoms with E-state index < -0.39 is 110 Å². The number of hydrogen-bond acceptors (Lipinski definition) is 19. The van der Waals surface area contributed by atoms with Crippen molar-refractivity contribution in [3.63, 3.8) is 0 Å². The molecule has 0 radical (unpaired) electrons. The highest BCUT2D eigenvalue weighted by Gasteiger charge is 2.52. The molecule has 0 spiro atoms. The summed E-state index contributed by atoms with van der Waals surface area (Å²) in [6.07, 6.45) is -16.3. The van der Waals surface area contributed by atoms with Gasteiger partial charge in [0, 0.05) is 38.3 Å². The van der Waals surface area contributed by atoms with Gasteiger partial charge in [-0.1, -0.05) is 0 Å². The average Bonchev–Trinajstić information content (AvgIpc) is 3.00. The summed E-state index contributed by atoms with van der Waals surface area (Å²) in [4.78, 5) is 0. The third kappa shape index (κ3) is 8.98. The van der Waals surface area contributed by atoms with Crippen LogP contribution in [0, 0.1) is 0 Å². The van der Waals surface area contributed by atoms with Crippen LogP contribution in [0.3, 0.4) is 0 Å². The lowest BCUT2D eigenvalue weighted by Crippen LogP contribution is -2.70. The number of nitrogens with two attached hydrogens (primary N) is 5. The van der Waals surface area contributed by atoms with Crippen molar-refractivity contribution in [2.24, 2.45) is 28.7 Å². The molecule has 0 bridgehead atoms. The van der Waals surface area contributed by atoms with Gasteiger partial charge in [0.15, 0.2) is 12.6 Å². The van der Waals surface area contributed by atoms with Gasteiger partial charge >= 0.3 is 0 Å². The van der Waals surface area contributed by atoms with Gasteiger partial charge in [-0.15, -0.1) is 0 Å². The molecule has 2 aliphatic heterocycles. The Balaban J connectivity index is 1.85. The second kappa shape index (κ2) is 17.4. The number of rotatable bonds is 15. The van der Waals surface area contributed by atoms with Crippen LogP contribution in [0.1, 0.15) is 12.8 Å². The third-order valence-corrected chi connectivity index (χ3v) is 8.45. The third-order valence-electron chi connectivity index (χ3n) is 8.45. The van der Waals surface area contributed by atoms with Gasteiger partial charge in [0.25, 0.3) is 0 Å². The van der Waals surface area contributed by atoms with E-state index in [1.807, 2.05) is 0 Å². The van der Waals surface area contributed by atoms with Gasteiger partial charge in [0.05, 0.1) is 30.9 Å². The predicted molar refractivity (Wildman–Crippen MR) is 152 cm³/mol. The van der Waals surface area contributed by atoms with E-state index in [9.17, 15) is 40.9 Å². The summed E-state index contributed by atoms with van der Waals surface area (Å²) >= 11 is 0. The normalized spacial score (nSPS) is 44.8. The first-order valence-corrected chi connectivity index (χ1v) is 15.0. The maximum absolute atomic E-state index is 11.6. The minimum atomic E-state index is -1.55. The lowest BCUT2D eigenvalue weighted by molar-refractivity contribution is -0.321.